The van der Waals surface area contributed by atoms with Crippen molar-refractivity contribution in [3.05, 3.63) is 76.9 Å². The van der Waals surface area contributed by atoms with Gasteiger partial charge in [0.1, 0.15) is 11.6 Å². The van der Waals surface area contributed by atoms with Crippen LogP contribution in [0.4, 0.5) is 17.2 Å². The quantitative estimate of drug-likeness (QED) is 0.662. The highest BCUT2D eigenvalue weighted by molar-refractivity contribution is 6.31. The van der Waals surface area contributed by atoms with Crippen molar-refractivity contribution in [2.75, 3.05) is 17.7 Å². The first-order valence-electron chi connectivity index (χ1n) is 8.00. The molecule has 0 fully saturated rings. The van der Waals surface area contributed by atoms with Crippen molar-refractivity contribution in [3.8, 4) is 5.75 Å². The standard InChI is InChI=1S/C20H18ClN3O2/c1-13-3-5-14(6-4-13)20(25)24-19-10-8-16(12-22-19)23-17-11-15(21)7-9-18(17)26-2/h3-12,23H,1-2H3,(H,22,24,25). The van der Waals surface area contributed by atoms with Crippen LogP contribution < -0.4 is 15.4 Å². The van der Waals surface area contributed by atoms with E-state index >= 15 is 0 Å². The monoisotopic (exact) mass is 367 g/mol. The average molecular weight is 368 g/mol. The van der Waals surface area contributed by atoms with Gasteiger partial charge in [-0.2, -0.15) is 0 Å². The van der Waals surface area contributed by atoms with Crippen molar-refractivity contribution in [3.63, 3.8) is 0 Å². The minimum Gasteiger partial charge on any atom is -0.495 e. The normalized spacial score (nSPS) is 10.3. The van der Waals surface area contributed by atoms with E-state index in [1.54, 1.807) is 49.7 Å². The molecule has 0 unspecified atom stereocenters. The van der Waals surface area contributed by atoms with Crippen LogP contribution in [0.5, 0.6) is 5.75 Å². The summed E-state index contributed by atoms with van der Waals surface area (Å²) in [6.45, 7) is 1.98. The summed E-state index contributed by atoms with van der Waals surface area (Å²) in [4.78, 5) is 16.5. The van der Waals surface area contributed by atoms with Crippen LogP contribution in [0.1, 0.15) is 15.9 Å². The number of benzene rings is 2. The predicted octanol–water partition coefficient (Wildman–Crippen LogP) is 5.05. The molecule has 1 aromatic heterocycles. The van der Waals surface area contributed by atoms with E-state index in [0.717, 1.165) is 16.9 Å². The van der Waals surface area contributed by atoms with Crippen LogP contribution in [-0.4, -0.2) is 18.0 Å². The van der Waals surface area contributed by atoms with Gasteiger partial charge in [0.25, 0.3) is 5.91 Å². The molecule has 0 atom stereocenters. The van der Waals surface area contributed by atoms with E-state index in [9.17, 15) is 4.79 Å². The van der Waals surface area contributed by atoms with Crippen molar-refractivity contribution in [2.45, 2.75) is 6.92 Å². The van der Waals surface area contributed by atoms with Gasteiger partial charge in [-0.25, -0.2) is 4.98 Å². The number of ether oxygens (including phenoxy) is 1. The lowest BCUT2D eigenvalue weighted by molar-refractivity contribution is 0.102. The molecule has 0 bridgehead atoms. The van der Waals surface area contributed by atoms with Crippen molar-refractivity contribution < 1.29 is 9.53 Å². The number of aromatic nitrogens is 1. The van der Waals surface area contributed by atoms with Gasteiger partial charge in [-0.15, -0.1) is 0 Å². The van der Waals surface area contributed by atoms with E-state index in [-0.39, 0.29) is 5.91 Å². The Kier molecular flexibility index (Phi) is 5.39. The SMILES string of the molecule is COc1ccc(Cl)cc1Nc1ccc(NC(=O)c2ccc(C)cc2)nc1. The van der Waals surface area contributed by atoms with Gasteiger partial charge in [0.2, 0.25) is 0 Å². The first-order chi connectivity index (χ1) is 12.5. The number of rotatable bonds is 5. The zero-order valence-electron chi connectivity index (χ0n) is 14.4. The average Bonchev–Trinajstić information content (AvgIpc) is 2.64. The maximum absolute atomic E-state index is 12.2. The Morgan fingerprint density at radius 2 is 1.85 bits per heavy atom. The third-order valence-corrected chi connectivity index (χ3v) is 3.99. The zero-order chi connectivity index (χ0) is 18.5. The molecule has 5 nitrogen and oxygen atoms in total. The van der Waals surface area contributed by atoms with E-state index in [4.69, 9.17) is 16.3 Å². The van der Waals surface area contributed by atoms with Crippen molar-refractivity contribution in [1.82, 2.24) is 4.98 Å². The minimum absolute atomic E-state index is 0.199. The number of methoxy groups -OCH3 is 1. The van der Waals surface area contributed by atoms with Gasteiger partial charge in [0, 0.05) is 10.6 Å². The second-order valence-corrected chi connectivity index (χ2v) is 6.16. The summed E-state index contributed by atoms with van der Waals surface area (Å²) < 4.78 is 5.31. The van der Waals surface area contributed by atoms with Gasteiger partial charge in [0.05, 0.1) is 24.7 Å². The summed E-state index contributed by atoms with van der Waals surface area (Å²) in [5.41, 5.74) is 3.17. The number of nitrogens with zero attached hydrogens (tertiary/aromatic N) is 1. The Hall–Kier alpha value is -3.05. The van der Waals surface area contributed by atoms with Crippen LogP contribution in [-0.2, 0) is 0 Å². The lowest BCUT2D eigenvalue weighted by Gasteiger charge is -2.12. The molecule has 2 N–H and O–H groups in total. The van der Waals surface area contributed by atoms with Crippen molar-refractivity contribution in [1.29, 1.82) is 0 Å². The van der Waals surface area contributed by atoms with E-state index in [2.05, 4.69) is 15.6 Å². The molecule has 132 valence electrons. The Morgan fingerprint density at radius 1 is 1.08 bits per heavy atom. The maximum atomic E-state index is 12.2. The summed E-state index contributed by atoms with van der Waals surface area (Å²) in [5.74, 6) is 0.944. The number of pyridine rings is 1. The topological polar surface area (TPSA) is 63.2 Å². The molecule has 6 heteroatoms. The number of anilines is 3. The van der Waals surface area contributed by atoms with Gasteiger partial charge in [-0.1, -0.05) is 29.3 Å². The highest BCUT2D eigenvalue weighted by Crippen LogP contribution is 2.30. The Balaban J connectivity index is 1.70. The molecule has 0 aliphatic rings. The number of halogens is 1. The van der Waals surface area contributed by atoms with Crippen molar-refractivity contribution in [2.24, 2.45) is 0 Å². The molecule has 3 aromatic rings. The molecular formula is C20H18ClN3O2. The van der Waals surface area contributed by atoms with Gasteiger partial charge in [0.15, 0.2) is 0 Å². The van der Waals surface area contributed by atoms with E-state index in [1.807, 2.05) is 25.1 Å². The fraction of sp³-hybridized carbons (Fsp3) is 0.100. The third kappa shape index (κ3) is 4.32. The third-order valence-electron chi connectivity index (χ3n) is 3.76. The summed E-state index contributed by atoms with van der Waals surface area (Å²) in [7, 11) is 1.59. The minimum atomic E-state index is -0.199. The van der Waals surface area contributed by atoms with Gasteiger partial charge >= 0.3 is 0 Å². The Bertz CT molecular complexity index is 909. The molecule has 3 rings (SSSR count). The summed E-state index contributed by atoms with van der Waals surface area (Å²) in [6.07, 6.45) is 1.63. The van der Waals surface area contributed by atoms with Crippen LogP contribution >= 0.6 is 11.6 Å². The summed E-state index contributed by atoms with van der Waals surface area (Å²) >= 11 is 6.03. The van der Waals surface area contributed by atoms with Gasteiger partial charge in [-0.3, -0.25) is 4.79 Å². The molecule has 0 aliphatic heterocycles. The van der Waals surface area contributed by atoms with Crippen LogP contribution in [0, 0.1) is 6.92 Å². The molecule has 2 aromatic carbocycles. The maximum Gasteiger partial charge on any atom is 0.256 e. The lowest BCUT2D eigenvalue weighted by Crippen LogP contribution is -2.12. The fourth-order valence-electron chi connectivity index (χ4n) is 2.37. The molecular weight excluding hydrogens is 350 g/mol. The van der Waals surface area contributed by atoms with Crippen LogP contribution in [0.25, 0.3) is 0 Å². The number of hydrogen-bond acceptors (Lipinski definition) is 4. The zero-order valence-corrected chi connectivity index (χ0v) is 15.2. The predicted molar refractivity (Wildman–Crippen MR) is 105 cm³/mol. The Morgan fingerprint density at radius 3 is 2.50 bits per heavy atom. The molecule has 0 radical (unpaired) electrons. The largest absolute Gasteiger partial charge is 0.495 e. The number of aryl methyl sites for hydroxylation is 1. The number of carbonyl (C=O) groups is 1. The van der Waals surface area contributed by atoms with E-state index in [1.165, 1.54) is 0 Å². The molecule has 0 spiro atoms. The number of hydrogen-bond donors (Lipinski definition) is 2. The first-order valence-corrected chi connectivity index (χ1v) is 8.37. The molecule has 26 heavy (non-hydrogen) atoms. The highest BCUT2D eigenvalue weighted by atomic mass is 35.5. The molecule has 1 heterocycles. The van der Waals surface area contributed by atoms with Gasteiger partial charge < -0.3 is 15.4 Å². The number of carbonyl (C=O) groups excluding carboxylic acids is 1. The molecule has 0 aliphatic carbocycles. The molecule has 0 saturated heterocycles. The van der Waals surface area contributed by atoms with Crippen LogP contribution in [0.3, 0.4) is 0 Å². The summed E-state index contributed by atoms with van der Waals surface area (Å²) in [5, 5.41) is 6.58. The van der Waals surface area contributed by atoms with Crippen LogP contribution in [0.15, 0.2) is 60.8 Å². The van der Waals surface area contributed by atoms with Crippen molar-refractivity contribution >= 4 is 34.7 Å². The second-order valence-electron chi connectivity index (χ2n) is 5.72. The molecule has 0 saturated carbocycles. The van der Waals surface area contributed by atoms with Crippen LogP contribution in [0.2, 0.25) is 5.02 Å². The smallest absolute Gasteiger partial charge is 0.256 e. The first kappa shape index (κ1) is 17.8. The number of amides is 1. The Labute approximate surface area is 157 Å². The second kappa shape index (κ2) is 7.89. The summed E-state index contributed by atoms with van der Waals surface area (Å²) in [6, 6.07) is 16.2. The van der Waals surface area contributed by atoms with E-state index < -0.39 is 0 Å². The fourth-order valence-corrected chi connectivity index (χ4v) is 2.54. The lowest BCUT2D eigenvalue weighted by atomic mass is 10.1. The van der Waals surface area contributed by atoms with E-state index in [0.29, 0.717) is 22.2 Å². The highest BCUT2D eigenvalue weighted by Gasteiger charge is 2.08. The molecule has 1 amide bonds. The number of nitrogens with one attached hydrogen (secondary N) is 2. The van der Waals surface area contributed by atoms with Gasteiger partial charge in [-0.05, 0) is 49.4 Å².